The summed E-state index contributed by atoms with van der Waals surface area (Å²) >= 11 is 0. The lowest BCUT2D eigenvalue weighted by Crippen LogP contribution is -2.37. The Kier molecular flexibility index (Phi) is 3.96. The van der Waals surface area contributed by atoms with Crippen molar-refractivity contribution in [1.82, 2.24) is 4.90 Å². The third kappa shape index (κ3) is 3.97. The second-order valence-electron chi connectivity index (χ2n) is 6.11. The molecular weight excluding hydrogens is 172 g/mol. The molecule has 2 N–H and O–H groups in total. The van der Waals surface area contributed by atoms with E-state index in [9.17, 15) is 0 Å². The summed E-state index contributed by atoms with van der Waals surface area (Å²) in [4.78, 5) is 2.44. The molecule has 2 heteroatoms. The van der Waals surface area contributed by atoms with Crippen molar-refractivity contribution in [2.45, 2.75) is 46.1 Å². The van der Waals surface area contributed by atoms with Crippen molar-refractivity contribution in [3.63, 3.8) is 0 Å². The molecule has 1 aliphatic carbocycles. The molecule has 2 nitrogen and oxygen atoms in total. The Labute approximate surface area is 88.8 Å². The van der Waals surface area contributed by atoms with Gasteiger partial charge in [0, 0.05) is 19.1 Å². The molecular formula is C12H26N2. The third-order valence-corrected chi connectivity index (χ3v) is 3.01. The third-order valence-electron chi connectivity index (χ3n) is 3.01. The van der Waals surface area contributed by atoms with E-state index in [2.05, 4.69) is 32.7 Å². The predicted molar refractivity (Wildman–Crippen MR) is 62.3 cm³/mol. The van der Waals surface area contributed by atoms with Gasteiger partial charge in [-0.1, -0.05) is 27.2 Å². The zero-order chi connectivity index (χ0) is 10.8. The first-order chi connectivity index (χ1) is 6.38. The molecule has 0 amide bonds. The van der Waals surface area contributed by atoms with Gasteiger partial charge in [0.1, 0.15) is 0 Å². The molecule has 0 heterocycles. The smallest absolute Gasteiger partial charge is 0.00793 e. The molecule has 14 heavy (non-hydrogen) atoms. The van der Waals surface area contributed by atoms with Crippen LogP contribution in [0.2, 0.25) is 0 Å². The zero-order valence-electron chi connectivity index (χ0n) is 10.2. The van der Waals surface area contributed by atoms with E-state index >= 15 is 0 Å². The normalized spacial score (nSPS) is 28.7. The second kappa shape index (κ2) is 4.63. The minimum absolute atomic E-state index is 0.400. The first-order valence-corrected chi connectivity index (χ1v) is 5.82. The van der Waals surface area contributed by atoms with Gasteiger partial charge < -0.3 is 10.6 Å². The van der Waals surface area contributed by atoms with Crippen molar-refractivity contribution in [3.8, 4) is 0 Å². The Morgan fingerprint density at radius 3 is 2.36 bits per heavy atom. The zero-order valence-corrected chi connectivity index (χ0v) is 10.2. The molecule has 2 unspecified atom stereocenters. The lowest BCUT2D eigenvalue weighted by Gasteiger charge is -2.29. The highest BCUT2D eigenvalue weighted by molar-refractivity contribution is 4.82. The number of nitrogens with zero attached hydrogens (tertiary/aromatic N) is 1. The molecule has 0 aromatic heterocycles. The lowest BCUT2D eigenvalue weighted by molar-refractivity contribution is 0.195. The van der Waals surface area contributed by atoms with Crippen LogP contribution in [0, 0.1) is 11.3 Å². The highest BCUT2D eigenvalue weighted by Gasteiger charge is 2.25. The van der Waals surface area contributed by atoms with Gasteiger partial charge in [0.2, 0.25) is 0 Å². The van der Waals surface area contributed by atoms with E-state index in [4.69, 9.17) is 5.73 Å². The van der Waals surface area contributed by atoms with Gasteiger partial charge in [0.15, 0.2) is 0 Å². The number of hydrogen-bond donors (Lipinski definition) is 1. The fourth-order valence-electron chi connectivity index (χ4n) is 2.57. The quantitative estimate of drug-likeness (QED) is 0.752. The molecule has 0 spiro atoms. The maximum absolute atomic E-state index is 6.06. The van der Waals surface area contributed by atoms with E-state index in [1.807, 2.05) is 0 Å². The van der Waals surface area contributed by atoms with E-state index in [1.165, 1.54) is 25.8 Å². The summed E-state index contributed by atoms with van der Waals surface area (Å²) in [7, 11) is 2.22. The largest absolute Gasteiger partial charge is 0.327 e. The fraction of sp³-hybridized carbons (Fsp3) is 1.00. The Morgan fingerprint density at radius 1 is 1.29 bits per heavy atom. The van der Waals surface area contributed by atoms with Crippen LogP contribution < -0.4 is 5.73 Å². The van der Waals surface area contributed by atoms with Crippen LogP contribution in [0.25, 0.3) is 0 Å². The Balaban J connectivity index is 2.29. The van der Waals surface area contributed by atoms with Gasteiger partial charge in [0.25, 0.3) is 0 Å². The van der Waals surface area contributed by atoms with Crippen molar-refractivity contribution in [2.24, 2.45) is 17.1 Å². The lowest BCUT2D eigenvalue weighted by atomic mass is 9.95. The minimum atomic E-state index is 0.400. The number of nitrogens with two attached hydrogens (primary N) is 1. The van der Waals surface area contributed by atoms with E-state index in [-0.39, 0.29) is 0 Å². The monoisotopic (exact) mass is 198 g/mol. The van der Waals surface area contributed by atoms with Crippen molar-refractivity contribution in [2.75, 3.05) is 20.1 Å². The van der Waals surface area contributed by atoms with Crippen LogP contribution in [0.5, 0.6) is 0 Å². The molecule has 1 rings (SSSR count). The molecule has 1 saturated carbocycles. The second-order valence-corrected chi connectivity index (χ2v) is 6.11. The Morgan fingerprint density at radius 2 is 1.93 bits per heavy atom. The van der Waals surface area contributed by atoms with Gasteiger partial charge in [-0.05, 0) is 31.2 Å². The van der Waals surface area contributed by atoms with E-state index in [0.717, 1.165) is 12.5 Å². The van der Waals surface area contributed by atoms with Crippen LogP contribution in [-0.4, -0.2) is 31.1 Å². The Hall–Kier alpha value is -0.0800. The van der Waals surface area contributed by atoms with Crippen LogP contribution in [-0.2, 0) is 0 Å². The van der Waals surface area contributed by atoms with Crippen LogP contribution in [0.1, 0.15) is 40.0 Å². The topological polar surface area (TPSA) is 29.3 Å². The van der Waals surface area contributed by atoms with Gasteiger partial charge in [-0.15, -0.1) is 0 Å². The predicted octanol–water partition coefficient (Wildman–Crippen LogP) is 2.09. The van der Waals surface area contributed by atoms with Gasteiger partial charge in [-0.25, -0.2) is 0 Å². The summed E-state index contributed by atoms with van der Waals surface area (Å²) in [6, 6.07) is 0.456. The molecule has 1 aliphatic rings. The molecule has 0 aromatic carbocycles. The molecule has 2 atom stereocenters. The van der Waals surface area contributed by atoms with Crippen LogP contribution in [0.3, 0.4) is 0 Å². The number of hydrogen-bond acceptors (Lipinski definition) is 2. The first kappa shape index (κ1) is 12.0. The first-order valence-electron chi connectivity index (χ1n) is 5.82. The van der Waals surface area contributed by atoms with Gasteiger partial charge in [0.05, 0.1) is 0 Å². The molecule has 0 aliphatic heterocycles. The summed E-state index contributed by atoms with van der Waals surface area (Å²) in [5.74, 6) is 0.738. The van der Waals surface area contributed by atoms with Crippen molar-refractivity contribution in [3.05, 3.63) is 0 Å². The average molecular weight is 198 g/mol. The van der Waals surface area contributed by atoms with Crippen molar-refractivity contribution < 1.29 is 0 Å². The highest BCUT2D eigenvalue weighted by Crippen LogP contribution is 2.25. The number of rotatable bonds is 3. The molecule has 84 valence electrons. The average Bonchev–Trinajstić information content (AvgIpc) is 2.32. The van der Waals surface area contributed by atoms with Gasteiger partial charge >= 0.3 is 0 Å². The minimum Gasteiger partial charge on any atom is -0.327 e. The van der Waals surface area contributed by atoms with Crippen molar-refractivity contribution >= 4 is 0 Å². The highest BCUT2D eigenvalue weighted by atomic mass is 15.1. The summed E-state index contributed by atoms with van der Waals surface area (Å²) in [6.45, 7) is 9.21. The SMILES string of the molecule is CN(CC1CCCC1N)CC(C)(C)C. The van der Waals surface area contributed by atoms with Gasteiger partial charge in [-0.2, -0.15) is 0 Å². The summed E-state index contributed by atoms with van der Waals surface area (Å²) in [6.07, 6.45) is 3.89. The molecule has 0 saturated heterocycles. The van der Waals surface area contributed by atoms with Crippen LogP contribution >= 0.6 is 0 Å². The standard InChI is InChI=1S/C12H26N2/c1-12(2,3)9-14(4)8-10-6-5-7-11(10)13/h10-11H,5-9,13H2,1-4H3. The molecule has 0 bridgehead atoms. The van der Waals surface area contributed by atoms with E-state index < -0.39 is 0 Å². The fourth-order valence-corrected chi connectivity index (χ4v) is 2.57. The maximum atomic E-state index is 6.06. The van der Waals surface area contributed by atoms with Crippen LogP contribution in [0.4, 0.5) is 0 Å². The summed E-state index contributed by atoms with van der Waals surface area (Å²) in [5.41, 5.74) is 6.46. The molecule has 1 fully saturated rings. The molecule has 0 radical (unpaired) electrons. The maximum Gasteiger partial charge on any atom is 0.00793 e. The van der Waals surface area contributed by atoms with Gasteiger partial charge in [-0.3, -0.25) is 0 Å². The van der Waals surface area contributed by atoms with Crippen LogP contribution in [0.15, 0.2) is 0 Å². The Bertz CT molecular complexity index is 172. The van der Waals surface area contributed by atoms with E-state index in [0.29, 0.717) is 11.5 Å². The summed E-state index contributed by atoms with van der Waals surface area (Å²) in [5, 5.41) is 0. The van der Waals surface area contributed by atoms with E-state index in [1.54, 1.807) is 0 Å². The summed E-state index contributed by atoms with van der Waals surface area (Å²) < 4.78 is 0. The molecule has 0 aromatic rings. The van der Waals surface area contributed by atoms with Crippen molar-refractivity contribution in [1.29, 1.82) is 0 Å².